The minimum atomic E-state index is -0.764. The smallest absolute Gasteiger partial charge is 0.178 e. The van der Waals surface area contributed by atoms with E-state index in [1.165, 1.54) is 6.08 Å². The molecule has 0 saturated heterocycles. The topological polar surface area (TPSA) is 40.9 Å². The van der Waals surface area contributed by atoms with Crippen LogP contribution in [0.15, 0.2) is 24.3 Å². The Labute approximate surface area is 96.7 Å². The third-order valence-electron chi connectivity index (χ3n) is 2.27. The van der Waals surface area contributed by atoms with Crippen LogP contribution in [-0.4, -0.2) is 5.78 Å². The Morgan fingerprint density at radius 3 is 2.73 bits per heavy atom. The molecule has 0 fully saturated rings. The summed E-state index contributed by atoms with van der Waals surface area (Å²) >= 11 is 11.7. The van der Waals surface area contributed by atoms with Crippen LogP contribution in [0.3, 0.4) is 0 Å². The maximum absolute atomic E-state index is 11.5. The van der Waals surface area contributed by atoms with Crippen LogP contribution in [0.2, 0.25) is 5.02 Å². The number of halogens is 2. The van der Waals surface area contributed by atoms with Crippen LogP contribution in [0.5, 0.6) is 0 Å². The molecule has 0 aliphatic heterocycles. The molecule has 0 radical (unpaired) electrons. The van der Waals surface area contributed by atoms with Crippen molar-refractivity contribution in [1.82, 2.24) is 0 Å². The van der Waals surface area contributed by atoms with Gasteiger partial charge in [0, 0.05) is 11.1 Å². The Kier molecular flexibility index (Phi) is 2.52. The van der Waals surface area contributed by atoms with Crippen LogP contribution in [0.4, 0.5) is 0 Å². The van der Waals surface area contributed by atoms with Gasteiger partial charge in [0.1, 0.15) is 5.92 Å². The molecule has 15 heavy (non-hydrogen) atoms. The third-order valence-corrected chi connectivity index (χ3v) is 2.81. The van der Waals surface area contributed by atoms with Gasteiger partial charge in [0.05, 0.1) is 11.1 Å². The van der Waals surface area contributed by atoms with Crippen molar-refractivity contribution in [2.45, 2.75) is 5.92 Å². The Bertz CT molecular complexity index is 514. The van der Waals surface area contributed by atoms with Gasteiger partial charge in [0.15, 0.2) is 5.78 Å². The number of carbonyl (C=O) groups excluding carboxylic acids is 1. The molecule has 0 amide bonds. The normalized spacial score (nSPS) is 19.1. The lowest BCUT2D eigenvalue weighted by Crippen LogP contribution is -2.14. The summed E-state index contributed by atoms with van der Waals surface area (Å²) in [7, 11) is 0. The number of nitriles is 1. The fourth-order valence-electron chi connectivity index (χ4n) is 1.56. The van der Waals surface area contributed by atoms with Crippen molar-refractivity contribution >= 4 is 34.0 Å². The molecule has 0 heterocycles. The number of rotatable bonds is 0. The van der Waals surface area contributed by atoms with E-state index in [1.54, 1.807) is 18.2 Å². The fraction of sp³-hybridized carbons (Fsp3) is 0.0909. The largest absolute Gasteiger partial charge is 0.293 e. The number of allylic oxidation sites excluding steroid dienone is 1. The van der Waals surface area contributed by atoms with Gasteiger partial charge in [-0.3, -0.25) is 4.79 Å². The van der Waals surface area contributed by atoms with Crippen LogP contribution in [0.1, 0.15) is 17.0 Å². The van der Waals surface area contributed by atoms with Crippen LogP contribution < -0.4 is 0 Å². The van der Waals surface area contributed by atoms with Crippen LogP contribution in [0.25, 0.3) is 5.03 Å². The summed E-state index contributed by atoms with van der Waals surface area (Å²) < 4.78 is 0. The van der Waals surface area contributed by atoms with E-state index in [0.29, 0.717) is 21.2 Å². The molecule has 0 spiro atoms. The molecular formula is C11H5Cl2NO. The molecule has 0 aromatic heterocycles. The van der Waals surface area contributed by atoms with Crippen LogP contribution in [-0.2, 0) is 4.79 Å². The standard InChI is InChI=1S/C11H5Cl2NO/c12-6-1-2-7-8(3-6)10(13)4-11(15)9(7)5-14/h1-4,9H. The molecule has 2 nitrogen and oxygen atoms in total. The second-order valence-electron chi connectivity index (χ2n) is 3.19. The van der Waals surface area contributed by atoms with Gasteiger partial charge in [-0.2, -0.15) is 5.26 Å². The second kappa shape index (κ2) is 3.69. The summed E-state index contributed by atoms with van der Waals surface area (Å²) in [5, 5.41) is 9.76. The second-order valence-corrected chi connectivity index (χ2v) is 4.03. The van der Waals surface area contributed by atoms with Gasteiger partial charge in [-0.15, -0.1) is 0 Å². The molecule has 4 heteroatoms. The molecule has 0 bridgehead atoms. The van der Waals surface area contributed by atoms with Crippen molar-refractivity contribution < 1.29 is 4.79 Å². The first-order chi connectivity index (χ1) is 7.13. The zero-order valence-electron chi connectivity index (χ0n) is 7.50. The predicted molar refractivity (Wildman–Crippen MR) is 58.6 cm³/mol. The summed E-state index contributed by atoms with van der Waals surface area (Å²) in [6, 6.07) is 6.93. The van der Waals surface area contributed by atoms with Gasteiger partial charge in [0.25, 0.3) is 0 Å². The van der Waals surface area contributed by atoms with Gasteiger partial charge in [0.2, 0.25) is 0 Å². The zero-order chi connectivity index (χ0) is 11.0. The highest BCUT2D eigenvalue weighted by Crippen LogP contribution is 2.35. The Hall–Kier alpha value is -1.30. The summed E-state index contributed by atoms with van der Waals surface area (Å²) in [5.74, 6) is -1.04. The number of benzene rings is 1. The Morgan fingerprint density at radius 2 is 2.07 bits per heavy atom. The molecule has 1 aromatic rings. The Morgan fingerprint density at radius 1 is 1.33 bits per heavy atom. The molecule has 0 N–H and O–H groups in total. The van der Waals surface area contributed by atoms with Crippen molar-refractivity contribution in [3.8, 4) is 6.07 Å². The first-order valence-corrected chi connectivity index (χ1v) is 4.99. The van der Waals surface area contributed by atoms with Crippen molar-refractivity contribution in [3.63, 3.8) is 0 Å². The number of fused-ring (bicyclic) bond motifs is 1. The van der Waals surface area contributed by atoms with E-state index in [-0.39, 0.29) is 5.78 Å². The minimum absolute atomic E-state index is 0.280. The zero-order valence-corrected chi connectivity index (χ0v) is 9.01. The molecule has 0 saturated carbocycles. The van der Waals surface area contributed by atoms with Crippen molar-refractivity contribution in [2.24, 2.45) is 0 Å². The van der Waals surface area contributed by atoms with E-state index in [4.69, 9.17) is 28.5 Å². The molecule has 1 aromatic carbocycles. The fourth-order valence-corrected chi connectivity index (χ4v) is 2.00. The third kappa shape index (κ3) is 1.65. The number of nitrogens with zero attached hydrogens (tertiary/aromatic N) is 1. The molecule has 1 unspecified atom stereocenters. The maximum atomic E-state index is 11.5. The molecule has 1 aliphatic carbocycles. The van der Waals surface area contributed by atoms with Crippen LogP contribution >= 0.6 is 23.2 Å². The maximum Gasteiger partial charge on any atom is 0.178 e. The first-order valence-electron chi connectivity index (χ1n) is 4.24. The van der Waals surface area contributed by atoms with E-state index in [1.807, 2.05) is 6.07 Å². The molecule has 74 valence electrons. The molecular weight excluding hydrogens is 233 g/mol. The monoisotopic (exact) mass is 237 g/mol. The number of ketones is 1. The lowest BCUT2D eigenvalue weighted by Gasteiger charge is -2.17. The molecule has 1 atom stereocenters. The summed E-state index contributed by atoms with van der Waals surface area (Å²) in [5.41, 5.74) is 1.29. The highest BCUT2D eigenvalue weighted by Gasteiger charge is 2.27. The lowest BCUT2D eigenvalue weighted by molar-refractivity contribution is -0.114. The van der Waals surface area contributed by atoms with E-state index in [9.17, 15) is 4.79 Å². The summed E-state index contributed by atoms with van der Waals surface area (Å²) in [6.45, 7) is 0. The molecule has 1 aliphatic rings. The highest BCUT2D eigenvalue weighted by atomic mass is 35.5. The van der Waals surface area contributed by atoms with Gasteiger partial charge in [-0.25, -0.2) is 0 Å². The van der Waals surface area contributed by atoms with Gasteiger partial charge < -0.3 is 0 Å². The first kappa shape index (κ1) is 10.2. The SMILES string of the molecule is N#CC1C(=O)C=C(Cl)c2cc(Cl)ccc21. The van der Waals surface area contributed by atoms with Crippen LogP contribution in [0, 0.1) is 11.3 Å². The Balaban J connectivity index is 2.68. The van der Waals surface area contributed by atoms with Crippen molar-refractivity contribution in [1.29, 1.82) is 5.26 Å². The quantitative estimate of drug-likeness (QED) is 0.696. The average molecular weight is 238 g/mol. The van der Waals surface area contributed by atoms with Gasteiger partial charge in [-0.05, 0) is 23.3 Å². The average Bonchev–Trinajstić information content (AvgIpc) is 2.19. The van der Waals surface area contributed by atoms with E-state index < -0.39 is 5.92 Å². The van der Waals surface area contributed by atoms with Crippen molar-refractivity contribution in [3.05, 3.63) is 40.4 Å². The van der Waals surface area contributed by atoms with E-state index in [0.717, 1.165) is 0 Å². The van der Waals surface area contributed by atoms with E-state index in [2.05, 4.69) is 0 Å². The minimum Gasteiger partial charge on any atom is -0.293 e. The van der Waals surface area contributed by atoms with Gasteiger partial charge in [-0.1, -0.05) is 29.3 Å². The molecule has 2 rings (SSSR count). The van der Waals surface area contributed by atoms with E-state index >= 15 is 0 Å². The highest BCUT2D eigenvalue weighted by molar-refractivity contribution is 6.51. The number of hydrogen-bond acceptors (Lipinski definition) is 2. The predicted octanol–water partition coefficient (Wildman–Crippen LogP) is 3.11. The van der Waals surface area contributed by atoms with Gasteiger partial charge >= 0.3 is 0 Å². The summed E-state index contributed by atoms with van der Waals surface area (Å²) in [6.07, 6.45) is 1.27. The lowest BCUT2D eigenvalue weighted by atomic mass is 9.87. The number of hydrogen-bond donors (Lipinski definition) is 0. The number of carbonyl (C=O) groups is 1. The van der Waals surface area contributed by atoms with Crippen molar-refractivity contribution in [2.75, 3.05) is 0 Å². The summed E-state index contributed by atoms with van der Waals surface area (Å²) in [4.78, 5) is 11.5.